The van der Waals surface area contributed by atoms with Gasteiger partial charge in [0.25, 0.3) is 0 Å². The molecule has 0 bridgehead atoms. The van der Waals surface area contributed by atoms with Crippen molar-refractivity contribution < 1.29 is 9.57 Å². The first kappa shape index (κ1) is 13.5. The molecule has 0 fully saturated rings. The summed E-state index contributed by atoms with van der Waals surface area (Å²) < 4.78 is 5.67. The normalized spacial score (nSPS) is 9.47. The summed E-state index contributed by atoms with van der Waals surface area (Å²) in [6.45, 7) is 0.381. The first-order valence-corrected chi connectivity index (χ1v) is 5.02. The maximum atomic E-state index is 5.67. The molecule has 2 aromatic rings. The van der Waals surface area contributed by atoms with Gasteiger partial charge in [0.15, 0.2) is 0 Å². The van der Waals surface area contributed by atoms with E-state index in [4.69, 9.17) is 10.6 Å². The quantitative estimate of drug-likeness (QED) is 0.848. The number of ether oxygens (including phenoxy) is 1. The lowest BCUT2D eigenvalue weighted by Crippen LogP contribution is -1.98. The van der Waals surface area contributed by atoms with Crippen LogP contribution in [0, 0.1) is 0 Å². The zero-order chi connectivity index (χ0) is 11.2. The lowest BCUT2D eigenvalue weighted by molar-refractivity contribution is 0.124. The molecule has 2 N–H and O–H groups in total. The Morgan fingerprint density at radius 3 is 2.29 bits per heavy atom. The summed E-state index contributed by atoms with van der Waals surface area (Å²) in [5.41, 5.74) is 0.982. The van der Waals surface area contributed by atoms with Crippen LogP contribution in [-0.4, -0.2) is 0 Å². The van der Waals surface area contributed by atoms with Crippen LogP contribution in [0.3, 0.4) is 0 Å². The Bertz CT molecular complexity index is 448. The third kappa shape index (κ3) is 4.07. The van der Waals surface area contributed by atoms with Gasteiger partial charge in [-0.3, -0.25) is 4.84 Å². The fraction of sp³-hybridized carbons (Fsp3) is 0.0769. The van der Waals surface area contributed by atoms with Gasteiger partial charge in [-0.2, -0.15) is 0 Å². The van der Waals surface area contributed by atoms with Gasteiger partial charge in [-0.15, -0.1) is 12.4 Å². The summed E-state index contributed by atoms with van der Waals surface area (Å²) in [6, 6.07) is 17.3. The molecule has 90 valence electrons. The average molecular weight is 252 g/mol. The molecule has 0 radical (unpaired) electrons. The molecule has 0 aliphatic carbocycles. The van der Waals surface area contributed by atoms with Gasteiger partial charge in [-0.25, -0.2) is 5.90 Å². The Kier molecular flexibility index (Phi) is 5.49. The van der Waals surface area contributed by atoms with Crippen molar-refractivity contribution in [3.63, 3.8) is 0 Å². The summed E-state index contributed by atoms with van der Waals surface area (Å²) in [6.07, 6.45) is 0. The number of rotatable bonds is 4. The summed E-state index contributed by atoms with van der Waals surface area (Å²) in [7, 11) is 0. The molecule has 0 spiro atoms. The topological polar surface area (TPSA) is 44.5 Å². The van der Waals surface area contributed by atoms with Crippen molar-refractivity contribution in [1.29, 1.82) is 0 Å². The molecule has 2 aromatic carbocycles. The summed E-state index contributed by atoms with van der Waals surface area (Å²) in [5, 5.41) is 0. The minimum absolute atomic E-state index is 0. The molecular weight excluding hydrogens is 238 g/mol. The lowest BCUT2D eigenvalue weighted by Gasteiger charge is -2.06. The van der Waals surface area contributed by atoms with Gasteiger partial charge in [0.05, 0.1) is 6.61 Å². The molecule has 0 atom stereocenters. The summed E-state index contributed by atoms with van der Waals surface area (Å²) in [4.78, 5) is 4.58. The van der Waals surface area contributed by atoms with Gasteiger partial charge in [-0.1, -0.05) is 30.3 Å². The third-order valence-corrected chi connectivity index (χ3v) is 2.13. The van der Waals surface area contributed by atoms with Crippen LogP contribution in [0.1, 0.15) is 5.56 Å². The fourth-order valence-corrected chi connectivity index (χ4v) is 1.42. The molecule has 17 heavy (non-hydrogen) atoms. The first-order valence-electron chi connectivity index (χ1n) is 5.02. The van der Waals surface area contributed by atoms with Crippen LogP contribution >= 0.6 is 12.4 Å². The van der Waals surface area contributed by atoms with Gasteiger partial charge in [0.1, 0.15) is 11.5 Å². The molecular formula is C13H14ClNO2. The van der Waals surface area contributed by atoms with Crippen LogP contribution in [0.2, 0.25) is 0 Å². The second-order valence-electron chi connectivity index (χ2n) is 3.37. The van der Waals surface area contributed by atoms with E-state index in [-0.39, 0.29) is 12.4 Å². The predicted molar refractivity (Wildman–Crippen MR) is 69.2 cm³/mol. The molecule has 0 aliphatic heterocycles. The second-order valence-corrected chi connectivity index (χ2v) is 3.37. The summed E-state index contributed by atoms with van der Waals surface area (Å²) in [5.74, 6) is 6.61. The van der Waals surface area contributed by atoms with Gasteiger partial charge >= 0.3 is 0 Å². The Morgan fingerprint density at radius 2 is 1.59 bits per heavy atom. The van der Waals surface area contributed by atoms with Crippen molar-refractivity contribution in [2.75, 3.05) is 0 Å². The Hall–Kier alpha value is -1.55. The molecule has 2 rings (SSSR count). The van der Waals surface area contributed by atoms with E-state index in [0.717, 1.165) is 17.1 Å². The van der Waals surface area contributed by atoms with Crippen molar-refractivity contribution in [3.8, 4) is 11.5 Å². The Morgan fingerprint density at radius 1 is 0.882 bits per heavy atom. The highest BCUT2D eigenvalue weighted by Crippen LogP contribution is 2.21. The molecule has 3 nitrogen and oxygen atoms in total. The summed E-state index contributed by atoms with van der Waals surface area (Å²) >= 11 is 0. The van der Waals surface area contributed by atoms with E-state index in [1.165, 1.54) is 0 Å². The molecule has 4 heteroatoms. The monoisotopic (exact) mass is 251 g/mol. The largest absolute Gasteiger partial charge is 0.457 e. The number of hydrogen-bond acceptors (Lipinski definition) is 3. The SMILES string of the molecule is Cl.NOCc1cccc(Oc2ccccc2)c1. The number of hydrogen-bond donors (Lipinski definition) is 1. The van der Waals surface area contributed by atoms with Crippen LogP contribution < -0.4 is 10.6 Å². The van der Waals surface area contributed by atoms with Crippen molar-refractivity contribution in [1.82, 2.24) is 0 Å². The van der Waals surface area contributed by atoms with Gasteiger partial charge in [0.2, 0.25) is 0 Å². The highest BCUT2D eigenvalue weighted by molar-refractivity contribution is 5.85. The highest BCUT2D eigenvalue weighted by atomic mass is 35.5. The Labute approximate surface area is 107 Å². The minimum atomic E-state index is 0. The van der Waals surface area contributed by atoms with E-state index in [1.54, 1.807) is 0 Å². The predicted octanol–water partition coefficient (Wildman–Crippen LogP) is 3.29. The van der Waals surface area contributed by atoms with Crippen molar-refractivity contribution in [2.45, 2.75) is 6.61 Å². The third-order valence-electron chi connectivity index (χ3n) is 2.13. The number of nitrogens with two attached hydrogens (primary N) is 1. The first-order chi connectivity index (χ1) is 7.88. The van der Waals surface area contributed by atoms with E-state index in [0.29, 0.717) is 6.61 Å². The van der Waals surface area contributed by atoms with Gasteiger partial charge in [-0.05, 0) is 29.8 Å². The second kappa shape index (κ2) is 6.91. The smallest absolute Gasteiger partial charge is 0.127 e. The highest BCUT2D eigenvalue weighted by Gasteiger charge is 1.98. The maximum Gasteiger partial charge on any atom is 0.127 e. The van der Waals surface area contributed by atoms with Crippen LogP contribution in [0.5, 0.6) is 11.5 Å². The zero-order valence-electron chi connectivity index (χ0n) is 9.21. The van der Waals surface area contributed by atoms with E-state index < -0.39 is 0 Å². The van der Waals surface area contributed by atoms with Crippen LogP contribution in [0.25, 0.3) is 0 Å². The molecule has 0 saturated heterocycles. The van der Waals surface area contributed by atoms with E-state index in [2.05, 4.69) is 4.84 Å². The average Bonchev–Trinajstić information content (AvgIpc) is 2.31. The Balaban J connectivity index is 0.00000144. The van der Waals surface area contributed by atoms with Crippen LogP contribution in [-0.2, 0) is 11.4 Å². The zero-order valence-corrected chi connectivity index (χ0v) is 10.0. The molecule has 0 heterocycles. The van der Waals surface area contributed by atoms with Gasteiger partial charge in [0, 0.05) is 0 Å². The van der Waals surface area contributed by atoms with E-state index >= 15 is 0 Å². The number of halogens is 1. The standard InChI is InChI=1S/C13H13NO2.ClH/c14-15-10-11-5-4-8-13(9-11)16-12-6-2-1-3-7-12;/h1-9H,10,14H2;1H. The maximum absolute atomic E-state index is 5.67. The molecule has 0 aromatic heterocycles. The van der Waals surface area contributed by atoms with Crippen LogP contribution in [0.15, 0.2) is 54.6 Å². The van der Waals surface area contributed by atoms with Gasteiger partial charge < -0.3 is 4.74 Å². The van der Waals surface area contributed by atoms with Crippen molar-refractivity contribution >= 4 is 12.4 Å². The molecule has 0 amide bonds. The number of benzene rings is 2. The minimum Gasteiger partial charge on any atom is -0.457 e. The molecule has 0 saturated carbocycles. The van der Waals surface area contributed by atoms with Crippen LogP contribution in [0.4, 0.5) is 0 Å². The molecule has 0 aliphatic rings. The van der Waals surface area contributed by atoms with E-state index in [9.17, 15) is 0 Å². The van der Waals surface area contributed by atoms with Crippen molar-refractivity contribution in [3.05, 3.63) is 60.2 Å². The molecule has 0 unspecified atom stereocenters. The fourth-order valence-electron chi connectivity index (χ4n) is 1.42. The number of para-hydroxylation sites is 1. The van der Waals surface area contributed by atoms with Crippen molar-refractivity contribution in [2.24, 2.45) is 5.90 Å². The lowest BCUT2D eigenvalue weighted by atomic mass is 10.2. The van der Waals surface area contributed by atoms with E-state index in [1.807, 2.05) is 54.6 Å².